The van der Waals surface area contributed by atoms with Gasteiger partial charge in [-0.25, -0.2) is 4.90 Å². The number of rotatable bonds is 3. The summed E-state index contributed by atoms with van der Waals surface area (Å²) in [6.45, 7) is 4.00. The highest BCUT2D eigenvalue weighted by Gasteiger charge is 2.70. The van der Waals surface area contributed by atoms with Crippen molar-refractivity contribution in [2.24, 2.45) is 17.8 Å². The van der Waals surface area contributed by atoms with Gasteiger partial charge in [-0.3, -0.25) is 19.7 Å². The molecule has 3 aliphatic heterocycles. The molecule has 0 bridgehead atoms. The lowest BCUT2D eigenvalue weighted by molar-refractivity contribution is -0.130. The number of hydrogen-bond acceptors (Lipinski definition) is 5. The maximum absolute atomic E-state index is 13.7. The zero-order valence-electron chi connectivity index (χ0n) is 17.0. The summed E-state index contributed by atoms with van der Waals surface area (Å²) in [7, 11) is 1.56. The number of imide groups is 1. The Bertz CT molecular complexity index is 1060. The molecule has 3 amide bonds. The standard InChI is InChI=1S/C23H23N3O4/c1-12(2)19-17-18(23(25-19)15-6-4-5-7-16(15)24-22(23)29)21(28)26(20(17)27)13-8-10-14(30-3)11-9-13/h4-12,17-19,25H,1-3H3,(H,24,29). The molecule has 2 fully saturated rings. The van der Waals surface area contributed by atoms with Crippen LogP contribution in [0, 0.1) is 17.8 Å². The minimum Gasteiger partial charge on any atom is -0.497 e. The molecular weight excluding hydrogens is 382 g/mol. The molecule has 30 heavy (non-hydrogen) atoms. The van der Waals surface area contributed by atoms with E-state index in [4.69, 9.17) is 4.74 Å². The lowest BCUT2D eigenvalue weighted by atomic mass is 9.76. The molecule has 3 heterocycles. The van der Waals surface area contributed by atoms with Gasteiger partial charge in [0.25, 0.3) is 0 Å². The molecule has 2 N–H and O–H groups in total. The smallest absolute Gasteiger partial charge is 0.250 e. The molecule has 154 valence electrons. The first kappa shape index (κ1) is 18.8. The summed E-state index contributed by atoms with van der Waals surface area (Å²) in [5, 5.41) is 6.33. The number of carbonyl (C=O) groups excluding carboxylic acids is 3. The highest BCUT2D eigenvalue weighted by molar-refractivity contribution is 6.25. The first-order valence-electron chi connectivity index (χ1n) is 10.1. The monoisotopic (exact) mass is 405 g/mol. The van der Waals surface area contributed by atoms with Crippen LogP contribution >= 0.6 is 0 Å². The Morgan fingerprint density at radius 3 is 2.37 bits per heavy atom. The van der Waals surface area contributed by atoms with Gasteiger partial charge in [-0.2, -0.15) is 0 Å². The maximum atomic E-state index is 13.7. The molecule has 2 saturated heterocycles. The maximum Gasteiger partial charge on any atom is 0.250 e. The second-order valence-corrected chi connectivity index (χ2v) is 8.44. The molecular formula is C23H23N3O4. The van der Waals surface area contributed by atoms with Gasteiger partial charge in [0.2, 0.25) is 17.7 Å². The van der Waals surface area contributed by atoms with E-state index in [0.717, 1.165) is 5.56 Å². The number of methoxy groups -OCH3 is 1. The van der Waals surface area contributed by atoms with Crippen LogP contribution < -0.4 is 20.3 Å². The van der Waals surface area contributed by atoms with E-state index in [1.807, 2.05) is 38.1 Å². The van der Waals surface area contributed by atoms with E-state index >= 15 is 0 Å². The number of amides is 3. The van der Waals surface area contributed by atoms with Gasteiger partial charge in [0.1, 0.15) is 11.3 Å². The zero-order valence-corrected chi connectivity index (χ0v) is 17.0. The van der Waals surface area contributed by atoms with Crippen LogP contribution in [-0.4, -0.2) is 30.9 Å². The van der Waals surface area contributed by atoms with Gasteiger partial charge >= 0.3 is 0 Å². The van der Waals surface area contributed by atoms with Crippen molar-refractivity contribution in [2.45, 2.75) is 25.4 Å². The quantitative estimate of drug-likeness (QED) is 0.765. The molecule has 4 unspecified atom stereocenters. The fourth-order valence-electron chi connectivity index (χ4n) is 5.25. The van der Waals surface area contributed by atoms with Crippen molar-refractivity contribution in [3.05, 3.63) is 54.1 Å². The van der Waals surface area contributed by atoms with Crippen molar-refractivity contribution in [1.82, 2.24) is 5.32 Å². The van der Waals surface area contributed by atoms with E-state index in [2.05, 4.69) is 10.6 Å². The largest absolute Gasteiger partial charge is 0.497 e. The van der Waals surface area contributed by atoms with Crippen LogP contribution in [0.15, 0.2) is 48.5 Å². The molecule has 0 aliphatic carbocycles. The summed E-state index contributed by atoms with van der Waals surface area (Å²) in [6, 6.07) is 13.9. The van der Waals surface area contributed by atoms with Gasteiger partial charge in [-0.05, 0) is 36.2 Å². The number of benzene rings is 2. The van der Waals surface area contributed by atoms with Crippen molar-refractivity contribution in [1.29, 1.82) is 0 Å². The summed E-state index contributed by atoms with van der Waals surface area (Å²) >= 11 is 0. The van der Waals surface area contributed by atoms with Crippen LogP contribution in [0.3, 0.4) is 0 Å². The lowest BCUT2D eigenvalue weighted by Crippen LogP contribution is -2.54. The van der Waals surface area contributed by atoms with Gasteiger partial charge in [0.15, 0.2) is 0 Å². The predicted octanol–water partition coefficient (Wildman–Crippen LogP) is 2.28. The van der Waals surface area contributed by atoms with Crippen molar-refractivity contribution in [3.63, 3.8) is 0 Å². The number of fused-ring (bicyclic) bond motifs is 4. The number of hydrogen-bond donors (Lipinski definition) is 2. The van der Waals surface area contributed by atoms with Crippen molar-refractivity contribution in [2.75, 3.05) is 17.3 Å². The summed E-state index contributed by atoms with van der Waals surface area (Å²) in [5.41, 5.74) is 0.654. The van der Waals surface area contributed by atoms with E-state index in [-0.39, 0.29) is 29.7 Å². The Kier molecular flexibility index (Phi) is 4.02. The number of para-hydroxylation sites is 1. The normalized spacial score (nSPS) is 29.5. The van der Waals surface area contributed by atoms with Crippen LogP contribution in [0.1, 0.15) is 19.4 Å². The summed E-state index contributed by atoms with van der Waals surface area (Å²) in [4.78, 5) is 41.7. The fraction of sp³-hybridized carbons (Fsp3) is 0.348. The first-order chi connectivity index (χ1) is 14.4. The van der Waals surface area contributed by atoms with E-state index in [1.165, 1.54) is 4.90 Å². The van der Waals surface area contributed by atoms with Crippen LogP contribution in [-0.2, 0) is 19.9 Å². The molecule has 0 saturated carbocycles. The topological polar surface area (TPSA) is 87.7 Å². The molecule has 1 spiro atoms. The van der Waals surface area contributed by atoms with E-state index in [0.29, 0.717) is 17.1 Å². The Balaban J connectivity index is 1.65. The molecule has 5 rings (SSSR count). The summed E-state index contributed by atoms with van der Waals surface area (Å²) in [6.07, 6.45) is 0. The van der Waals surface area contributed by atoms with E-state index < -0.39 is 17.4 Å². The van der Waals surface area contributed by atoms with Gasteiger partial charge in [0, 0.05) is 17.3 Å². The zero-order chi connectivity index (χ0) is 21.2. The Morgan fingerprint density at radius 1 is 1.00 bits per heavy atom. The lowest BCUT2D eigenvalue weighted by Gasteiger charge is -2.30. The Labute approximate surface area is 174 Å². The molecule has 0 radical (unpaired) electrons. The molecule has 3 aliphatic rings. The van der Waals surface area contributed by atoms with E-state index in [9.17, 15) is 14.4 Å². The van der Waals surface area contributed by atoms with Crippen molar-refractivity contribution in [3.8, 4) is 5.75 Å². The third-order valence-corrected chi connectivity index (χ3v) is 6.61. The van der Waals surface area contributed by atoms with Gasteiger partial charge in [-0.1, -0.05) is 32.0 Å². The number of anilines is 2. The summed E-state index contributed by atoms with van der Waals surface area (Å²) < 4.78 is 5.19. The minimum atomic E-state index is -1.25. The van der Waals surface area contributed by atoms with Crippen molar-refractivity contribution >= 4 is 29.1 Å². The number of nitrogens with zero attached hydrogens (tertiary/aromatic N) is 1. The SMILES string of the molecule is COc1ccc(N2C(=O)C3C(C(C)C)NC4(C(=O)Nc5ccccc54)C3C2=O)cc1. The highest BCUT2D eigenvalue weighted by Crippen LogP contribution is 2.54. The van der Waals surface area contributed by atoms with Crippen LogP contribution in [0.4, 0.5) is 11.4 Å². The van der Waals surface area contributed by atoms with Gasteiger partial charge < -0.3 is 10.1 Å². The predicted molar refractivity (Wildman–Crippen MR) is 111 cm³/mol. The highest BCUT2D eigenvalue weighted by atomic mass is 16.5. The Morgan fingerprint density at radius 2 is 1.70 bits per heavy atom. The number of ether oxygens (including phenoxy) is 1. The third kappa shape index (κ3) is 2.26. The fourth-order valence-corrected chi connectivity index (χ4v) is 5.25. The second-order valence-electron chi connectivity index (χ2n) is 8.44. The average molecular weight is 405 g/mol. The average Bonchev–Trinajstić information content (AvgIpc) is 3.33. The van der Waals surface area contributed by atoms with Crippen LogP contribution in [0.2, 0.25) is 0 Å². The molecule has 4 atom stereocenters. The van der Waals surface area contributed by atoms with Crippen LogP contribution in [0.5, 0.6) is 5.75 Å². The van der Waals surface area contributed by atoms with Gasteiger partial charge in [-0.15, -0.1) is 0 Å². The Hall–Kier alpha value is -3.19. The number of nitrogens with one attached hydrogen (secondary N) is 2. The third-order valence-electron chi connectivity index (χ3n) is 6.61. The second kappa shape index (κ2) is 6.40. The van der Waals surface area contributed by atoms with Gasteiger partial charge in [0.05, 0.1) is 24.6 Å². The first-order valence-corrected chi connectivity index (χ1v) is 10.1. The van der Waals surface area contributed by atoms with E-state index in [1.54, 1.807) is 31.4 Å². The minimum absolute atomic E-state index is 0.0602. The summed E-state index contributed by atoms with van der Waals surface area (Å²) in [5.74, 6) is -1.61. The van der Waals surface area contributed by atoms with Crippen LogP contribution in [0.25, 0.3) is 0 Å². The number of carbonyl (C=O) groups is 3. The molecule has 0 aromatic heterocycles. The molecule has 2 aromatic rings. The molecule has 7 heteroatoms. The molecule has 7 nitrogen and oxygen atoms in total. The van der Waals surface area contributed by atoms with Crippen molar-refractivity contribution < 1.29 is 19.1 Å². The molecule has 2 aromatic carbocycles.